The molecule has 2 saturated heterocycles. The molecule has 1 N–H and O–H groups in total. The lowest BCUT2D eigenvalue weighted by atomic mass is 9.90. The Kier molecular flexibility index (Phi) is 2.73. The highest BCUT2D eigenvalue weighted by atomic mass is 15.2. The molecule has 15 heavy (non-hydrogen) atoms. The predicted molar refractivity (Wildman–Crippen MR) is 62.9 cm³/mol. The van der Waals surface area contributed by atoms with E-state index in [9.17, 15) is 0 Å². The third-order valence-electron chi connectivity index (χ3n) is 4.86. The molecule has 2 aliphatic heterocycles. The average molecular weight is 208 g/mol. The molecule has 4 unspecified atom stereocenters. The zero-order valence-corrected chi connectivity index (χ0v) is 9.91. The van der Waals surface area contributed by atoms with Crippen molar-refractivity contribution < 1.29 is 0 Å². The molecule has 3 aliphatic rings. The molecule has 4 atom stereocenters. The largest absolute Gasteiger partial charge is 0.315 e. The number of nitrogens with one attached hydrogen (secondary N) is 1. The van der Waals surface area contributed by atoms with Crippen LogP contribution in [0, 0.1) is 11.8 Å². The Morgan fingerprint density at radius 3 is 2.87 bits per heavy atom. The molecule has 0 spiro atoms. The van der Waals surface area contributed by atoms with E-state index >= 15 is 0 Å². The lowest BCUT2D eigenvalue weighted by molar-refractivity contribution is 0.0781. The number of likely N-dealkylation sites (tertiary alicyclic amines) is 1. The summed E-state index contributed by atoms with van der Waals surface area (Å²) in [6, 6.07) is 1.81. The summed E-state index contributed by atoms with van der Waals surface area (Å²) in [5.74, 6) is 1.94. The summed E-state index contributed by atoms with van der Waals surface area (Å²) in [7, 11) is 0. The van der Waals surface area contributed by atoms with Crippen LogP contribution in [-0.2, 0) is 0 Å². The van der Waals surface area contributed by atoms with Gasteiger partial charge in [0, 0.05) is 18.6 Å². The van der Waals surface area contributed by atoms with Crippen LogP contribution < -0.4 is 5.32 Å². The molecule has 2 heterocycles. The number of fused-ring (bicyclic) bond motifs is 1. The van der Waals surface area contributed by atoms with E-state index in [1.165, 1.54) is 51.7 Å². The number of nitrogens with zero attached hydrogens (tertiary/aromatic N) is 1. The van der Waals surface area contributed by atoms with Crippen molar-refractivity contribution in [3.8, 4) is 0 Å². The van der Waals surface area contributed by atoms with Crippen molar-refractivity contribution in [2.45, 2.75) is 51.1 Å². The van der Waals surface area contributed by atoms with E-state index in [2.05, 4.69) is 17.1 Å². The number of hydrogen-bond acceptors (Lipinski definition) is 2. The molecule has 3 rings (SSSR count). The molecule has 3 fully saturated rings. The second-order valence-electron chi connectivity index (χ2n) is 5.94. The summed E-state index contributed by atoms with van der Waals surface area (Å²) < 4.78 is 0. The van der Waals surface area contributed by atoms with E-state index in [-0.39, 0.29) is 0 Å². The second kappa shape index (κ2) is 4.06. The van der Waals surface area contributed by atoms with E-state index in [1.807, 2.05) is 0 Å². The van der Waals surface area contributed by atoms with Gasteiger partial charge in [-0.05, 0) is 57.0 Å². The number of rotatable bonds is 1. The lowest BCUT2D eigenvalue weighted by Crippen LogP contribution is -2.49. The van der Waals surface area contributed by atoms with Crippen molar-refractivity contribution in [2.75, 3.05) is 19.6 Å². The van der Waals surface area contributed by atoms with Crippen LogP contribution in [0.5, 0.6) is 0 Å². The van der Waals surface area contributed by atoms with Crippen molar-refractivity contribution >= 4 is 0 Å². The van der Waals surface area contributed by atoms with Gasteiger partial charge in [0.1, 0.15) is 0 Å². The second-order valence-corrected chi connectivity index (χ2v) is 5.94. The smallest absolute Gasteiger partial charge is 0.0263 e. The van der Waals surface area contributed by atoms with Gasteiger partial charge >= 0.3 is 0 Å². The summed E-state index contributed by atoms with van der Waals surface area (Å²) in [5.41, 5.74) is 0. The first-order valence-electron chi connectivity index (χ1n) is 6.81. The molecule has 0 radical (unpaired) electrons. The van der Waals surface area contributed by atoms with E-state index in [1.54, 1.807) is 0 Å². The SMILES string of the molecule is CC1CCC(N2CCCC3CNCC32)C1. The fourth-order valence-corrected chi connectivity index (χ4v) is 4.04. The highest BCUT2D eigenvalue weighted by Gasteiger charge is 2.39. The van der Waals surface area contributed by atoms with E-state index in [0.717, 1.165) is 23.9 Å². The van der Waals surface area contributed by atoms with Crippen LogP contribution in [0.3, 0.4) is 0 Å². The molecule has 0 aromatic carbocycles. The van der Waals surface area contributed by atoms with Crippen molar-refractivity contribution in [1.82, 2.24) is 10.2 Å². The molecule has 0 bridgehead atoms. The Bertz CT molecular complexity index is 229. The molecular formula is C13H24N2. The highest BCUT2D eigenvalue weighted by Crippen LogP contribution is 2.35. The van der Waals surface area contributed by atoms with Crippen molar-refractivity contribution in [1.29, 1.82) is 0 Å². The molecular weight excluding hydrogens is 184 g/mol. The van der Waals surface area contributed by atoms with E-state index in [4.69, 9.17) is 0 Å². The predicted octanol–water partition coefficient (Wildman–Crippen LogP) is 1.86. The van der Waals surface area contributed by atoms with E-state index in [0.29, 0.717) is 0 Å². The maximum atomic E-state index is 3.59. The molecule has 1 aliphatic carbocycles. The van der Waals surface area contributed by atoms with Crippen molar-refractivity contribution in [2.24, 2.45) is 11.8 Å². The van der Waals surface area contributed by atoms with Crippen LogP contribution in [0.15, 0.2) is 0 Å². The first-order valence-corrected chi connectivity index (χ1v) is 6.81. The Balaban J connectivity index is 1.69. The highest BCUT2D eigenvalue weighted by molar-refractivity contribution is 4.96. The summed E-state index contributed by atoms with van der Waals surface area (Å²) in [6.45, 7) is 6.34. The molecule has 0 aromatic heterocycles. The van der Waals surface area contributed by atoms with Crippen LogP contribution >= 0.6 is 0 Å². The van der Waals surface area contributed by atoms with E-state index < -0.39 is 0 Å². The molecule has 2 heteroatoms. The Morgan fingerprint density at radius 1 is 1.13 bits per heavy atom. The van der Waals surface area contributed by atoms with Crippen LogP contribution in [-0.4, -0.2) is 36.6 Å². The minimum absolute atomic E-state index is 0.883. The van der Waals surface area contributed by atoms with Gasteiger partial charge in [-0.25, -0.2) is 0 Å². The van der Waals surface area contributed by atoms with Gasteiger partial charge in [-0.2, -0.15) is 0 Å². The Morgan fingerprint density at radius 2 is 2.07 bits per heavy atom. The van der Waals surface area contributed by atoms with Crippen molar-refractivity contribution in [3.63, 3.8) is 0 Å². The van der Waals surface area contributed by atoms with Gasteiger partial charge in [0.2, 0.25) is 0 Å². The first kappa shape index (κ1) is 10.1. The van der Waals surface area contributed by atoms with Crippen LogP contribution in [0.4, 0.5) is 0 Å². The summed E-state index contributed by atoms with van der Waals surface area (Å²) >= 11 is 0. The minimum atomic E-state index is 0.883. The zero-order chi connectivity index (χ0) is 10.3. The topological polar surface area (TPSA) is 15.3 Å². The average Bonchev–Trinajstić information content (AvgIpc) is 2.84. The summed E-state index contributed by atoms with van der Waals surface area (Å²) in [6.07, 6.45) is 7.30. The molecule has 0 aromatic rings. The van der Waals surface area contributed by atoms with Gasteiger partial charge in [-0.15, -0.1) is 0 Å². The molecule has 1 saturated carbocycles. The number of piperidine rings is 1. The summed E-state index contributed by atoms with van der Waals surface area (Å²) in [4.78, 5) is 2.86. The fraction of sp³-hybridized carbons (Fsp3) is 1.00. The quantitative estimate of drug-likeness (QED) is 0.707. The monoisotopic (exact) mass is 208 g/mol. The maximum Gasteiger partial charge on any atom is 0.0263 e. The summed E-state index contributed by atoms with van der Waals surface area (Å²) in [5, 5.41) is 3.59. The normalized spacial score (nSPS) is 47.0. The van der Waals surface area contributed by atoms with Gasteiger partial charge in [-0.1, -0.05) is 6.92 Å². The molecule has 86 valence electrons. The Hall–Kier alpha value is -0.0800. The maximum absolute atomic E-state index is 3.59. The fourth-order valence-electron chi connectivity index (χ4n) is 4.04. The standard InChI is InChI=1S/C13H24N2/c1-10-4-5-12(7-10)15-6-2-3-11-8-14-9-13(11)15/h10-14H,2-9H2,1H3. The first-order chi connectivity index (χ1) is 7.34. The minimum Gasteiger partial charge on any atom is -0.315 e. The van der Waals surface area contributed by atoms with Gasteiger partial charge in [0.05, 0.1) is 0 Å². The van der Waals surface area contributed by atoms with Crippen LogP contribution in [0.2, 0.25) is 0 Å². The van der Waals surface area contributed by atoms with Crippen LogP contribution in [0.25, 0.3) is 0 Å². The van der Waals surface area contributed by atoms with Gasteiger partial charge in [0.15, 0.2) is 0 Å². The molecule has 0 amide bonds. The number of hydrogen-bond donors (Lipinski definition) is 1. The third-order valence-corrected chi connectivity index (χ3v) is 4.86. The lowest BCUT2D eigenvalue weighted by Gasteiger charge is -2.41. The van der Waals surface area contributed by atoms with Gasteiger partial charge in [0.25, 0.3) is 0 Å². The third kappa shape index (κ3) is 1.83. The Labute approximate surface area is 93.4 Å². The van der Waals surface area contributed by atoms with Gasteiger partial charge in [-0.3, -0.25) is 4.90 Å². The molecule has 2 nitrogen and oxygen atoms in total. The van der Waals surface area contributed by atoms with Crippen LogP contribution in [0.1, 0.15) is 39.0 Å². The van der Waals surface area contributed by atoms with Crippen molar-refractivity contribution in [3.05, 3.63) is 0 Å². The van der Waals surface area contributed by atoms with Gasteiger partial charge < -0.3 is 5.32 Å². The zero-order valence-electron chi connectivity index (χ0n) is 9.91.